The molecule has 0 aliphatic heterocycles. The third kappa shape index (κ3) is 2.35. The van der Waals surface area contributed by atoms with Gasteiger partial charge in [0.1, 0.15) is 0 Å². The van der Waals surface area contributed by atoms with E-state index in [1.807, 2.05) is 19.9 Å². The van der Waals surface area contributed by atoms with Crippen LogP contribution in [0.2, 0.25) is 4.34 Å². The lowest BCUT2D eigenvalue weighted by Gasteiger charge is -2.08. The number of hydrogen-bond donors (Lipinski definition) is 1. The molecule has 0 amide bonds. The second-order valence-electron chi connectivity index (χ2n) is 3.86. The number of aromatic nitrogens is 2. The van der Waals surface area contributed by atoms with E-state index in [1.165, 1.54) is 11.3 Å². The molecule has 0 unspecified atom stereocenters. The molecule has 0 atom stereocenters. The van der Waals surface area contributed by atoms with Crippen molar-refractivity contribution in [2.75, 3.05) is 0 Å². The van der Waals surface area contributed by atoms with Crippen LogP contribution in [0, 0.1) is 0 Å². The van der Waals surface area contributed by atoms with Crippen molar-refractivity contribution in [3.05, 3.63) is 28.2 Å². The minimum Gasteiger partial charge on any atom is -0.476 e. The number of hydrogen-bond acceptors (Lipinski definition) is 3. The number of nitrogens with zero attached hydrogens (tertiary/aromatic N) is 2. The first-order chi connectivity index (χ1) is 7.99. The average Bonchev–Trinajstić information content (AvgIpc) is 2.82. The van der Waals surface area contributed by atoms with Gasteiger partial charge in [-0.2, -0.15) is 5.10 Å². The summed E-state index contributed by atoms with van der Waals surface area (Å²) in [6.45, 7) is 3.91. The Bertz CT molecular complexity index is 560. The van der Waals surface area contributed by atoms with Crippen molar-refractivity contribution in [1.82, 2.24) is 9.78 Å². The van der Waals surface area contributed by atoms with E-state index in [-0.39, 0.29) is 11.7 Å². The first kappa shape index (κ1) is 12.1. The van der Waals surface area contributed by atoms with Crippen LogP contribution in [0.15, 0.2) is 18.2 Å². The maximum Gasteiger partial charge on any atom is 0.356 e. The van der Waals surface area contributed by atoms with Crippen LogP contribution in [0.1, 0.15) is 30.4 Å². The van der Waals surface area contributed by atoms with Crippen LogP contribution in [-0.2, 0) is 0 Å². The Morgan fingerprint density at radius 1 is 1.53 bits per heavy atom. The lowest BCUT2D eigenvalue weighted by atomic mass is 10.3. The lowest BCUT2D eigenvalue weighted by molar-refractivity contribution is 0.0689. The van der Waals surface area contributed by atoms with Gasteiger partial charge in [0.25, 0.3) is 0 Å². The van der Waals surface area contributed by atoms with E-state index in [4.69, 9.17) is 16.7 Å². The van der Waals surface area contributed by atoms with Gasteiger partial charge in [0.2, 0.25) is 0 Å². The van der Waals surface area contributed by atoms with Crippen molar-refractivity contribution in [3.8, 4) is 10.6 Å². The summed E-state index contributed by atoms with van der Waals surface area (Å²) in [5, 5.41) is 13.0. The van der Waals surface area contributed by atoms with Crippen LogP contribution >= 0.6 is 22.9 Å². The van der Waals surface area contributed by atoms with Crippen molar-refractivity contribution >= 4 is 28.9 Å². The van der Waals surface area contributed by atoms with E-state index in [0.29, 0.717) is 4.34 Å². The molecule has 17 heavy (non-hydrogen) atoms. The lowest BCUT2D eigenvalue weighted by Crippen LogP contribution is -2.06. The summed E-state index contributed by atoms with van der Waals surface area (Å²) in [4.78, 5) is 11.8. The first-order valence-corrected chi connectivity index (χ1v) is 6.27. The van der Waals surface area contributed by atoms with Gasteiger partial charge >= 0.3 is 5.97 Å². The zero-order valence-electron chi connectivity index (χ0n) is 9.35. The Labute approximate surface area is 107 Å². The molecule has 4 nitrogen and oxygen atoms in total. The van der Waals surface area contributed by atoms with Gasteiger partial charge in [0.05, 0.1) is 14.9 Å². The molecule has 2 aromatic rings. The van der Waals surface area contributed by atoms with Gasteiger partial charge in [-0.1, -0.05) is 11.6 Å². The summed E-state index contributed by atoms with van der Waals surface area (Å²) in [5.41, 5.74) is 0.840. The predicted molar refractivity (Wildman–Crippen MR) is 67.9 cm³/mol. The highest BCUT2D eigenvalue weighted by atomic mass is 35.5. The number of carboxylic acid groups (broad SMARTS) is 1. The van der Waals surface area contributed by atoms with Crippen LogP contribution in [0.4, 0.5) is 0 Å². The SMILES string of the molecule is CC(C)n1nc(C(=O)O)cc1-c1ccc(Cl)s1. The number of aromatic carboxylic acids is 1. The summed E-state index contributed by atoms with van der Waals surface area (Å²) in [7, 11) is 0. The normalized spacial score (nSPS) is 11.1. The van der Waals surface area contributed by atoms with Gasteiger partial charge in [-0.3, -0.25) is 4.68 Å². The zero-order chi connectivity index (χ0) is 12.6. The third-order valence-corrected chi connectivity index (χ3v) is 3.52. The van der Waals surface area contributed by atoms with Crippen LogP contribution in [0.25, 0.3) is 10.6 Å². The molecule has 0 spiro atoms. The van der Waals surface area contributed by atoms with Gasteiger partial charge < -0.3 is 5.11 Å². The number of carboxylic acids is 1. The summed E-state index contributed by atoms with van der Waals surface area (Å²) >= 11 is 7.29. The molecule has 2 heterocycles. The molecule has 0 aliphatic rings. The molecule has 90 valence electrons. The van der Waals surface area contributed by atoms with Crippen LogP contribution in [0.3, 0.4) is 0 Å². The maximum atomic E-state index is 10.9. The molecule has 1 N–H and O–H groups in total. The summed E-state index contributed by atoms with van der Waals surface area (Å²) < 4.78 is 2.37. The molecule has 0 saturated heterocycles. The molecular weight excluding hydrogens is 260 g/mol. The maximum absolute atomic E-state index is 10.9. The fourth-order valence-corrected chi connectivity index (χ4v) is 2.58. The largest absolute Gasteiger partial charge is 0.476 e. The fraction of sp³-hybridized carbons (Fsp3) is 0.273. The summed E-state index contributed by atoms with van der Waals surface area (Å²) in [6, 6.07) is 5.33. The van der Waals surface area contributed by atoms with E-state index in [0.717, 1.165) is 10.6 Å². The van der Waals surface area contributed by atoms with Crippen LogP contribution in [0.5, 0.6) is 0 Å². The van der Waals surface area contributed by atoms with Gasteiger partial charge in [-0.15, -0.1) is 11.3 Å². The molecule has 0 saturated carbocycles. The molecular formula is C11H11ClN2O2S. The second-order valence-corrected chi connectivity index (χ2v) is 5.58. The average molecular weight is 271 g/mol. The predicted octanol–water partition coefficient (Wildman–Crippen LogP) is 3.54. The number of carbonyl (C=O) groups is 1. The van der Waals surface area contributed by atoms with Crippen molar-refractivity contribution in [3.63, 3.8) is 0 Å². The third-order valence-electron chi connectivity index (χ3n) is 2.27. The Kier molecular flexibility index (Phi) is 3.22. The van der Waals surface area contributed by atoms with Crippen LogP contribution in [-0.4, -0.2) is 20.9 Å². The molecule has 0 bridgehead atoms. The smallest absolute Gasteiger partial charge is 0.356 e. The van der Waals surface area contributed by atoms with Crippen molar-refractivity contribution in [2.24, 2.45) is 0 Å². The molecule has 0 aliphatic carbocycles. The minimum atomic E-state index is -1.02. The van der Waals surface area contributed by atoms with Gasteiger partial charge in [-0.05, 0) is 32.0 Å². The highest BCUT2D eigenvalue weighted by molar-refractivity contribution is 7.19. The Morgan fingerprint density at radius 2 is 2.24 bits per heavy atom. The summed E-state index contributed by atoms with van der Waals surface area (Å²) in [6.07, 6.45) is 0. The van der Waals surface area contributed by atoms with E-state index >= 15 is 0 Å². The second kappa shape index (κ2) is 4.50. The first-order valence-electron chi connectivity index (χ1n) is 5.07. The number of rotatable bonds is 3. The monoisotopic (exact) mass is 270 g/mol. The molecule has 6 heteroatoms. The highest BCUT2D eigenvalue weighted by Crippen LogP contribution is 2.32. The summed E-state index contributed by atoms with van der Waals surface area (Å²) in [5.74, 6) is -1.02. The highest BCUT2D eigenvalue weighted by Gasteiger charge is 2.17. The molecule has 0 radical (unpaired) electrons. The van der Waals surface area contributed by atoms with Gasteiger partial charge in [-0.25, -0.2) is 4.79 Å². The van der Waals surface area contributed by atoms with E-state index < -0.39 is 5.97 Å². The standard InChI is InChI=1S/C11H11ClN2O2S/c1-6(2)14-8(5-7(13-14)11(15)16)9-3-4-10(12)17-9/h3-6H,1-2H3,(H,15,16). The van der Waals surface area contributed by atoms with Crippen molar-refractivity contribution in [2.45, 2.75) is 19.9 Å². The Hall–Kier alpha value is -1.33. The number of halogens is 1. The Morgan fingerprint density at radius 3 is 2.71 bits per heavy atom. The fourth-order valence-electron chi connectivity index (χ4n) is 1.53. The van der Waals surface area contributed by atoms with E-state index in [2.05, 4.69) is 5.10 Å². The van der Waals surface area contributed by atoms with E-state index in [1.54, 1.807) is 16.8 Å². The van der Waals surface area contributed by atoms with Crippen molar-refractivity contribution in [1.29, 1.82) is 0 Å². The molecule has 0 aromatic carbocycles. The van der Waals surface area contributed by atoms with Gasteiger partial charge in [0, 0.05) is 6.04 Å². The van der Waals surface area contributed by atoms with Crippen LogP contribution < -0.4 is 0 Å². The van der Waals surface area contributed by atoms with Gasteiger partial charge in [0.15, 0.2) is 5.69 Å². The van der Waals surface area contributed by atoms with Crippen molar-refractivity contribution < 1.29 is 9.90 Å². The topological polar surface area (TPSA) is 55.1 Å². The number of thiophene rings is 1. The zero-order valence-corrected chi connectivity index (χ0v) is 10.9. The van der Waals surface area contributed by atoms with E-state index in [9.17, 15) is 4.79 Å². The minimum absolute atomic E-state index is 0.0539. The molecule has 2 rings (SSSR count). The molecule has 2 aromatic heterocycles. The quantitative estimate of drug-likeness (QED) is 0.928. The molecule has 0 fully saturated rings. The Balaban J connectivity index is 2.55.